The summed E-state index contributed by atoms with van der Waals surface area (Å²) in [6.45, 7) is 12.1. The van der Waals surface area contributed by atoms with Crippen LogP contribution in [0.25, 0.3) is 0 Å². The van der Waals surface area contributed by atoms with Crippen molar-refractivity contribution >= 4 is 0 Å². The Hall–Kier alpha value is -0.120. The predicted molar refractivity (Wildman–Crippen MR) is 59.5 cm³/mol. The molecule has 0 aliphatic rings. The van der Waals surface area contributed by atoms with Crippen molar-refractivity contribution in [3.8, 4) is 0 Å². The van der Waals surface area contributed by atoms with Crippen LogP contribution in [-0.2, 0) is 4.74 Å². The largest absolute Gasteiger partial charge is 0.389 e. The fourth-order valence-corrected chi connectivity index (χ4v) is 0.936. The molecule has 0 aliphatic carbocycles. The Morgan fingerprint density at radius 3 is 2.21 bits per heavy atom. The van der Waals surface area contributed by atoms with Gasteiger partial charge >= 0.3 is 0 Å². The second-order valence-corrected chi connectivity index (χ2v) is 4.66. The van der Waals surface area contributed by atoms with E-state index in [0.29, 0.717) is 0 Å². The first-order valence-corrected chi connectivity index (χ1v) is 5.36. The van der Waals surface area contributed by atoms with Gasteiger partial charge in [0, 0.05) is 18.8 Å². The molecule has 0 saturated carbocycles. The molecule has 0 rings (SSSR count). The van der Waals surface area contributed by atoms with Gasteiger partial charge in [-0.25, -0.2) is 0 Å². The van der Waals surface area contributed by atoms with E-state index < -0.39 is 5.60 Å². The number of ether oxygens (including phenoxy) is 1. The summed E-state index contributed by atoms with van der Waals surface area (Å²) < 4.78 is 5.23. The molecule has 0 aromatic rings. The van der Waals surface area contributed by atoms with Crippen molar-refractivity contribution in [3.05, 3.63) is 0 Å². The molecule has 0 aromatic carbocycles. The molecule has 2 N–H and O–H groups in total. The second-order valence-electron chi connectivity index (χ2n) is 4.66. The Morgan fingerprint density at radius 1 is 1.21 bits per heavy atom. The summed E-state index contributed by atoms with van der Waals surface area (Å²) in [6, 6.07) is 0. The van der Waals surface area contributed by atoms with Gasteiger partial charge in [0.15, 0.2) is 0 Å². The van der Waals surface area contributed by atoms with Crippen LogP contribution in [0.1, 0.15) is 41.0 Å². The van der Waals surface area contributed by atoms with Crippen molar-refractivity contribution in [2.75, 3.05) is 19.8 Å². The maximum Gasteiger partial charge on any atom is 0.0767 e. The van der Waals surface area contributed by atoms with Gasteiger partial charge < -0.3 is 15.2 Å². The predicted octanol–water partition coefficient (Wildman–Crippen LogP) is 1.55. The molecule has 0 spiro atoms. The van der Waals surface area contributed by atoms with Gasteiger partial charge in [-0.2, -0.15) is 0 Å². The molecular formula is C11H25NO2. The summed E-state index contributed by atoms with van der Waals surface area (Å²) in [7, 11) is 0. The van der Waals surface area contributed by atoms with Crippen LogP contribution >= 0.6 is 0 Å². The van der Waals surface area contributed by atoms with Crippen LogP contribution < -0.4 is 5.32 Å². The minimum Gasteiger partial charge on any atom is -0.389 e. The lowest BCUT2D eigenvalue weighted by Crippen LogP contribution is -2.56. The van der Waals surface area contributed by atoms with E-state index >= 15 is 0 Å². The topological polar surface area (TPSA) is 41.5 Å². The Morgan fingerprint density at radius 2 is 1.79 bits per heavy atom. The average Bonchev–Trinajstić information content (AvgIpc) is 2.02. The van der Waals surface area contributed by atoms with Crippen LogP contribution in [0.15, 0.2) is 0 Å². The highest BCUT2D eigenvalue weighted by molar-refractivity contribution is 4.93. The molecule has 0 heterocycles. The van der Waals surface area contributed by atoms with Crippen molar-refractivity contribution in [1.82, 2.24) is 5.32 Å². The third-order valence-electron chi connectivity index (χ3n) is 2.77. The van der Waals surface area contributed by atoms with Crippen LogP contribution in [0.3, 0.4) is 0 Å². The molecule has 0 aromatic heterocycles. The zero-order valence-electron chi connectivity index (χ0n) is 10.2. The van der Waals surface area contributed by atoms with Crippen molar-refractivity contribution < 1.29 is 9.84 Å². The van der Waals surface area contributed by atoms with E-state index in [1.54, 1.807) is 0 Å². The maximum absolute atomic E-state index is 9.85. The third-order valence-corrected chi connectivity index (χ3v) is 2.77. The normalized spacial score (nSPS) is 13.3. The third kappa shape index (κ3) is 4.94. The van der Waals surface area contributed by atoms with Gasteiger partial charge in [0.2, 0.25) is 0 Å². The van der Waals surface area contributed by atoms with E-state index in [-0.39, 0.29) is 5.54 Å². The Bertz CT molecular complexity index is 150. The zero-order chi connectivity index (χ0) is 11.2. The van der Waals surface area contributed by atoms with Gasteiger partial charge in [0.05, 0.1) is 5.60 Å². The van der Waals surface area contributed by atoms with Gasteiger partial charge in [-0.1, -0.05) is 0 Å². The summed E-state index contributed by atoms with van der Waals surface area (Å²) in [5.41, 5.74) is -0.974. The van der Waals surface area contributed by atoms with E-state index in [2.05, 4.69) is 5.32 Å². The lowest BCUT2D eigenvalue weighted by molar-refractivity contribution is -0.00529. The van der Waals surface area contributed by atoms with E-state index in [9.17, 15) is 5.11 Å². The molecule has 0 unspecified atom stereocenters. The second kappa shape index (κ2) is 5.69. The minimum atomic E-state index is -0.710. The summed E-state index contributed by atoms with van der Waals surface area (Å²) in [6.07, 6.45) is 0.980. The molecule has 14 heavy (non-hydrogen) atoms. The Balaban J connectivity index is 3.67. The maximum atomic E-state index is 9.85. The molecular weight excluding hydrogens is 178 g/mol. The van der Waals surface area contributed by atoms with E-state index in [1.165, 1.54) is 0 Å². The number of aliphatic hydroxyl groups is 1. The number of rotatable bonds is 7. The van der Waals surface area contributed by atoms with Crippen molar-refractivity contribution in [1.29, 1.82) is 0 Å². The lowest BCUT2D eigenvalue weighted by Gasteiger charge is -2.38. The quantitative estimate of drug-likeness (QED) is 0.617. The van der Waals surface area contributed by atoms with Gasteiger partial charge in [0.25, 0.3) is 0 Å². The SMILES string of the molecule is CCOCCCNC(C)(C)C(C)(C)O. The smallest absolute Gasteiger partial charge is 0.0767 e. The molecule has 0 bridgehead atoms. The average molecular weight is 203 g/mol. The summed E-state index contributed by atoms with van der Waals surface area (Å²) >= 11 is 0. The van der Waals surface area contributed by atoms with E-state index in [0.717, 1.165) is 26.2 Å². The Labute approximate surface area is 87.8 Å². The molecule has 0 atom stereocenters. The highest BCUT2D eigenvalue weighted by Crippen LogP contribution is 2.20. The monoisotopic (exact) mass is 203 g/mol. The first-order valence-electron chi connectivity index (χ1n) is 5.36. The molecule has 3 nitrogen and oxygen atoms in total. The van der Waals surface area contributed by atoms with Crippen LogP contribution in [0.4, 0.5) is 0 Å². The molecule has 0 aliphatic heterocycles. The standard InChI is InChI=1S/C11H25NO2/c1-6-14-9-7-8-12-10(2,3)11(4,5)13/h12-13H,6-9H2,1-5H3. The van der Waals surface area contributed by atoms with Crippen molar-refractivity contribution in [2.24, 2.45) is 0 Å². The fraction of sp³-hybridized carbons (Fsp3) is 1.00. The van der Waals surface area contributed by atoms with Gasteiger partial charge in [-0.15, -0.1) is 0 Å². The molecule has 0 amide bonds. The summed E-state index contributed by atoms with van der Waals surface area (Å²) in [4.78, 5) is 0. The minimum absolute atomic E-state index is 0.265. The van der Waals surface area contributed by atoms with Crippen LogP contribution in [-0.4, -0.2) is 36.0 Å². The Kier molecular flexibility index (Phi) is 5.64. The number of nitrogens with one attached hydrogen (secondary N) is 1. The molecule has 0 saturated heterocycles. The van der Waals surface area contributed by atoms with E-state index in [4.69, 9.17) is 4.74 Å². The van der Waals surface area contributed by atoms with Gasteiger partial charge in [0.1, 0.15) is 0 Å². The molecule has 0 fully saturated rings. The highest BCUT2D eigenvalue weighted by atomic mass is 16.5. The molecule has 3 heteroatoms. The molecule has 86 valence electrons. The number of hydrogen-bond acceptors (Lipinski definition) is 3. The van der Waals surface area contributed by atoms with Gasteiger partial charge in [-0.05, 0) is 47.6 Å². The van der Waals surface area contributed by atoms with Crippen molar-refractivity contribution in [2.45, 2.75) is 52.2 Å². The summed E-state index contributed by atoms with van der Waals surface area (Å²) in [5.74, 6) is 0. The highest BCUT2D eigenvalue weighted by Gasteiger charge is 2.33. The first-order chi connectivity index (χ1) is 6.31. The fourth-order valence-electron chi connectivity index (χ4n) is 0.936. The van der Waals surface area contributed by atoms with Crippen LogP contribution in [0, 0.1) is 0 Å². The van der Waals surface area contributed by atoms with Crippen LogP contribution in [0.2, 0.25) is 0 Å². The zero-order valence-corrected chi connectivity index (χ0v) is 10.2. The first kappa shape index (κ1) is 13.9. The number of hydrogen-bond donors (Lipinski definition) is 2. The summed E-state index contributed by atoms with van der Waals surface area (Å²) in [5, 5.41) is 13.2. The van der Waals surface area contributed by atoms with Gasteiger partial charge in [-0.3, -0.25) is 0 Å². The molecule has 0 radical (unpaired) electrons. The lowest BCUT2D eigenvalue weighted by atomic mass is 9.86. The van der Waals surface area contributed by atoms with Crippen molar-refractivity contribution in [3.63, 3.8) is 0 Å². The van der Waals surface area contributed by atoms with Crippen LogP contribution in [0.5, 0.6) is 0 Å². The van der Waals surface area contributed by atoms with E-state index in [1.807, 2.05) is 34.6 Å².